The first kappa shape index (κ1) is 15.5. The summed E-state index contributed by atoms with van der Waals surface area (Å²) in [6.07, 6.45) is 5.22. The zero-order valence-electron chi connectivity index (χ0n) is 12.1. The Kier molecular flexibility index (Phi) is 4.83. The van der Waals surface area contributed by atoms with Gasteiger partial charge in [-0.15, -0.1) is 0 Å². The second kappa shape index (κ2) is 6.24. The van der Waals surface area contributed by atoms with Gasteiger partial charge in [0.2, 0.25) is 10.0 Å². The van der Waals surface area contributed by atoms with Gasteiger partial charge in [0.1, 0.15) is 0 Å². The van der Waals surface area contributed by atoms with Crippen molar-refractivity contribution in [3.63, 3.8) is 0 Å². The lowest BCUT2D eigenvalue weighted by molar-refractivity contribution is 0.166. The molecular formula is C15H24N2O2S. The molecule has 1 aromatic rings. The summed E-state index contributed by atoms with van der Waals surface area (Å²) in [6, 6.07) is 7.10. The fourth-order valence-corrected chi connectivity index (χ4v) is 3.65. The molecule has 1 aliphatic carbocycles. The summed E-state index contributed by atoms with van der Waals surface area (Å²) >= 11 is 0. The molecule has 0 aliphatic heterocycles. The topological polar surface area (TPSA) is 72.2 Å². The van der Waals surface area contributed by atoms with Crippen LogP contribution in [-0.2, 0) is 16.4 Å². The Bertz CT molecular complexity index is 533. The number of benzene rings is 1. The van der Waals surface area contributed by atoms with Gasteiger partial charge in [0, 0.05) is 6.54 Å². The first-order chi connectivity index (χ1) is 9.45. The molecule has 0 unspecified atom stereocenters. The highest BCUT2D eigenvalue weighted by Gasteiger charge is 2.32. The Morgan fingerprint density at radius 2 is 1.90 bits per heavy atom. The molecule has 112 valence electrons. The molecule has 1 aromatic carbocycles. The average Bonchev–Trinajstić information content (AvgIpc) is 2.41. The minimum atomic E-state index is -3.38. The Balaban J connectivity index is 1.98. The molecule has 3 N–H and O–H groups in total. The highest BCUT2D eigenvalue weighted by atomic mass is 32.2. The summed E-state index contributed by atoms with van der Waals surface area (Å²) in [4.78, 5) is 0.344. The van der Waals surface area contributed by atoms with E-state index in [4.69, 9.17) is 5.73 Å². The standard InChI is InChI=1S/C15H24N2O2S/c1-15(9-3-10-15)12-17-20(18,19)14-7-5-13(6-8-14)4-2-11-16/h5-8,17H,2-4,9-12,16H2,1H3. The predicted molar refractivity (Wildman–Crippen MR) is 81.0 cm³/mol. The van der Waals surface area contributed by atoms with Crippen LogP contribution >= 0.6 is 0 Å². The predicted octanol–water partition coefficient (Wildman–Crippen LogP) is 2.05. The maximum absolute atomic E-state index is 12.2. The molecule has 0 heterocycles. The molecule has 1 fully saturated rings. The van der Waals surface area contributed by atoms with E-state index in [2.05, 4.69) is 11.6 Å². The van der Waals surface area contributed by atoms with Crippen molar-refractivity contribution >= 4 is 10.0 Å². The molecule has 0 amide bonds. The molecule has 4 nitrogen and oxygen atoms in total. The van der Waals surface area contributed by atoms with E-state index in [0.29, 0.717) is 18.0 Å². The Hall–Kier alpha value is -0.910. The number of nitrogens with two attached hydrogens (primary N) is 1. The maximum Gasteiger partial charge on any atom is 0.240 e. The highest BCUT2D eigenvalue weighted by Crippen LogP contribution is 2.39. The molecule has 5 heteroatoms. The highest BCUT2D eigenvalue weighted by molar-refractivity contribution is 7.89. The summed E-state index contributed by atoms with van der Waals surface area (Å²) in [7, 11) is -3.38. The van der Waals surface area contributed by atoms with E-state index in [1.807, 2.05) is 12.1 Å². The summed E-state index contributed by atoms with van der Waals surface area (Å²) in [5.41, 5.74) is 6.74. The third-order valence-corrected chi connectivity index (χ3v) is 5.57. The first-order valence-corrected chi connectivity index (χ1v) is 8.72. The van der Waals surface area contributed by atoms with Crippen molar-refractivity contribution in [2.45, 2.75) is 43.9 Å². The van der Waals surface area contributed by atoms with Gasteiger partial charge in [0.05, 0.1) is 4.90 Å². The van der Waals surface area contributed by atoms with E-state index in [0.717, 1.165) is 31.2 Å². The van der Waals surface area contributed by atoms with Gasteiger partial charge in [0.15, 0.2) is 0 Å². The maximum atomic E-state index is 12.2. The Labute approximate surface area is 121 Å². The summed E-state index contributed by atoms with van der Waals surface area (Å²) in [5.74, 6) is 0. The smallest absolute Gasteiger partial charge is 0.240 e. The molecule has 0 saturated heterocycles. The molecule has 0 aromatic heterocycles. The Morgan fingerprint density at radius 3 is 2.40 bits per heavy atom. The monoisotopic (exact) mass is 296 g/mol. The zero-order chi connectivity index (χ0) is 14.6. The van der Waals surface area contributed by atoms with Gasteiger partial charge in [-0.1, -0.05) is 25.5 Å². The van der Waals surface area contributed by atoms with E-state index in [1.54, 1.807) is 12.1 Å². The number of hydrogen-bond donors (Lipinski definition) is 2. The minimum Gasteiger partial charge on any atom is -0.330 e. The third kappa shape index (κ3) is 3.81. The van der Waals surface area contributed by atoms with E-state index < -0.39 is 10.0 Å². The van der Waals surface area contributed by atoms with Crippen LogP contribution in [0.25, 0.3) is 0 Å². The van der Waals surface area contributed by atoms with Gasteiger partial charge in [-0.05, 0) is 55.3 Å². The van der Waals surface area contributed by atoms with Gasteiger partial charge >= 0.3 is 0 Å². The van der Waals surface area contributed by atoms with E-state index in [-0.39, 0.29) is 5.41 Å². The van der Waals surface area contributed by atoms with Crippen LogP contribution in [0.5, 0.6) is 0 Å². The second-order valence-electron chi connectivity index (χ2n) is 6.02. The number of nitrogens with one attached hydrogen (secondary N) is 1. The molecule has 1 aliphatic rings. The molecule has 20 heavy (non-hydrogen) atoms. The first-order valence-electron chi connectivity index (χ1n) is 7.24. The summed E-state index contributed by atoms with van der Waals surface area (Å²) < 4.78 is 27.2. The van der Waals surface area contributed by atoms with Crippen molar-refractivity contribution < 1.29 is 8.42 Å². The lowest BCUT2D eigenvalue weighted by Crippen LogP contribution is -2.39. The lowest BCUT2D eigenvalue weighted by Gasteiger charge is -2.38. The van der Waals surface area contributed by atoms with Crippen LogP contribution in [0.3, 0.4) is 0 Å². The lowest BCUT2D eigenvalue weighted by atomic mass is 9.71. The normalized spacial score (nSPS) is 17.7. The molecule has 1 saturated carbocycles. The number of sulfonamides is 1. The number of aryl methyl sites for hydroxylation is 1. The molecule has 2 rings (SSSR count). The van der Waals surface area contributed by atoms with Crippen molar-refractivity contribution in [3.05, 3.63) is 29.8 Å². The third-order valence-electron chi connectivity index (χ3n) is 4.15. The number of rotatable bonds is 7. The van der Waals surface area contributed by atoms with Crippen LogP contribution < -0.4 is 10.5 Å². The van der Waals surface area contributed by atoms with E-state index >= 15 is 0 Å². The van der Waals surface area contributed by atoms with Gasteiger partial charge in [-0.2, -0.15) is 0 Å². The van der Waals surface area contributed by atoms with Crippen LogP contribution in [0.15, 0.2) is 29.2 Å². The SMILES string of the molecule is CC1(CNS(=O)(=O)c2ccc(CCCN)cc2)CCC1. The molecular weight excluding hydrogens is 272 g/mol. The van der Waals surface area contributed by atoms with Crippen LogP contribution in [0, 0.1) is 5.41 Å². The van der Waals surface area contributed by atoms with E-state index in [9.17, 15) is 8.42 Å². The average molecular weight is 296 g/mol. The fraction of sp³-hybridized carbons (Fsp3) is 0.600. The molecule has 0 radical (unpaired) electrons. The minimum absolute atomic E-state index is 0.147. The number of hydrogen-bond acceptors (Lipinski definition) is 3. The van der Waals surface area contributed by atoms with Crippen LogP contribution in [0.2, 0.25) is 0 Å². The van der Waals surface area contributed by atoms with Crippen molar-refractivity contribution in [1.82, 2.24) is 4.72 Å². The largest absolute Gasteiger partial charge is 0.330 e. The van der Waals surface area contributed by atoms with Crippen LogP contribution in [0.1, 0.15) is 38.2 Å². The van der Waals surface area contributed by atoms with Gasteiger partial charge in [-0.3, -0.25) is 0 Å². The quantitative estimate of drug-likeness (QED) is 0.809. The zero-order valence-corrected chi connectivity index (χ0v) is 12.9. The van der Waals surface area contributed by atoms with Crippen LogP contribution in [0.4, 0.5) is 0 Å². The van der Waals surface area contributed by atoms with Crippen molar-refractivity contribution in [2.75, 3.05) is 13.1 Å². The second-order valence-corrected chi connectivity index (χ2v) is 7.79. The summed E-state index contributed by atoms with van der Waals surface area (Å²) in [6.45, 7) is 3.32. The van der Waals surface area contributed by atoms with E-state index in [1.165, 1.54) is 6.42 Å². The van der Waals surface area contributed by atoms with Gasteiger partial charge in [0.25, 0.3) is 0 Å². The van der Waals surface area contributed by atoms with Crippen molar-refractivity contribution in [1.29, 1.82) is 0 Å². The van der Waals surface area contributed by atoms with Gasteiger partial charge in [-0.25, -0.2) is 13.1 Å². The molecule has 0 bridgehead atoms. The fourth-order valence-electron chi connectivity index (χ4n) is 2.45. The molecule has 0 spiro atoms. The Morgan fingerprint density at radius 1 is 1.25 bits per heavy atom. The van der Waals surface area contributed by atoms with Gasteiger partial charge < -0.3 is 5.73 Å². The van der Waals surface area contributed by atoms with Crippen LogP contribution in [-0.4, -0.2) is 21.5 Å². The molecule has 0 atom stereocenters. The summed E-state index contributed by atoms with van der Waals surface area (Å²) in [5, 5.41) is 0. The van der Waals surface area contributed by atoms with Crippen molar-refractivity contribution in [2.24, 2.45) is 11.1 Å². The van der Waals surface area contributed by atoms with Crippen molar-refractivity contribution in [3.8, 4) is 0 Å².